The molecular formula is C14H23FN2O. The van der Waals surface area contributed by atoms with Crippen LogP contribution in [0, 0.1) is 5.82 Å². The third-order valence-corrected chi connectivity index (χ3v) is 3.07. The molecule has 0 spiro atoms. The molecule has 0 fully saturated rings. The van der Waals surface area contributed by atoms with Crippen LogP contribution in [0.1, 0.15) is 25.8 Å². The number of benzene rings is 1. The molecule has 1 atom stereocenters. The number of halogens is 1. The molecule has 1 aromatic rings. The van der Waals surface area contributed by atoms with Gasteiger partial charge >= 0.3 is 0 Å². The third kappa shape index (κ3) is 3.96. The number of nitrogens with one attached hydrogen (secondary N) is 1. The Morgan fingerprint density at radius 1 is 1.44 bits per heavy atom. The molecule has 2 N–H and O–H groups in total. The highest BCUT2D eigenvalue weighted by molar-refractivity contribution is 5.49. The van der Waals surface area contributed by atoms with Crippen LogP contribution in [0.4, 0.5) is 10.1 Å². The van der Waals surface area contributed by atoms with Gasteiger partial charge in [0.1, 0.15) is 5.82 Å². The first-order valence-electron chi connectivity index (χ1n) is 6.43. The zero-order valence-electron chi connectivity index (χ0n) is 11.4. The second kappa shape index (κ2) is 7.34. The van der Waals surface area contributed by atoms with E-state index in [2.05, 4.69) is 12.2 Å². The second-order valence-corrected chi connectivity index (χ2v) is 4.61. The van der Waals surface area contributed by atoms with Gasteiger partial charge in [0, 0.05) is 19.6 Å². The summed E-state index contributed by atoms with van der Waals surface area (Å²) in [6.07, 6.45) is 1.07. The van der Waals surface area contributed by atoms with Gasteiger partial charge in [-0.05, 0) is 37.6 Å². The molecule has 3 nitrogen and oxygen atoms in total. The predicted octanol–water partition coefficient (Wildman–Crippen LogP) is 2.14. The maximum atomic E-state index is 14.0. The predicted molar refractivity (Wildman–Crippen MR) is 73.3 cm³/mol. The van der Waals surface area contributed by atoms with E-state index in [-0.39, 0.29) is 18.5 Å². The van der Waals surface area contributed by atoms with Crippen molar-refractivity contribution in [3.8, 4) is 0 Å². The molecule has 4 heteroatoms. The van der Waals surface area contributed by atoms with Crippen LogP contribution in [0.5, 0.6) is 0 Å². The lowest BCUT2D eigenvalue weighted by atomic mass is 10.1. The largest absolute Gasteiger partial charge is 0.394 e. The molecule has 0 heterocycles. The highest BCUT2D eigenvalue weighted by atomic mass is 19.1. The maximum absolute atomic E-state index is 14.0. The summed E-state index contributed by atoms with van der Waals surface area (Å²) in [5.41, 5.74) is 1.46. The first-order chi connectivity index (χ1) is 8.60. The van der Waals surface area contributed by atoms with Crippen LogP contribution >= 0.6 is 0 Å². The fourth-order valence-electron chi connectivity index (χ4n) is 1.72. The molecule has 0 aliphatic heterocycles. The Labute approximate surface area is 109 Å². The molecule has 0 aliphatic rings. The Hall–Kier alpha value is -1.13. The number of aliphatic hydroxyl groups is 1. The van der Waals surface area contributed by atoms with Crippen LogP contribution in [0.15, 0.2) is 18.2 Å². The fraction of sp³-hybridized carbons (Fsp3) is 0.571. The molecule has 0 saturated carbocycles. The monoisotopic (exact) mass is 254 g/mol. The molecule has 18 heavy (non-hydrogen) atoms. The van der Waals surface area contributed by atoms with Crippen molar-refractivity contribution in [1.82, 2.24) is 5.32 Å². The summed E-state index contributed by atoms with van der Waals surface area (Å²) in [4.78, 5) is 1.75. The van der Waals surface area contributed by atoms with E-state index in [1.807, 2.05) is 13.0 Å². The number of likely N-dealkylation sites (N-methyl/N-ethyl adjacent to an activating group) is 1. The first-order valence-corrected chi connectivity index (χ1v) is 6.43. The standard InChI is InChI=1S/C14H23FN2O/c1-4-7-16-9-12-5-6-14(13(15)8-12)17(3)11(2)10-18/h5-6,8,11,16,18H,4,7,9-10H2,1-3H3. The minimum atomic E-state index is -0.242. The van der Waals surface area contributed by atoms with Gasteiger partial charge in [-0.3, -0.25) is 0 Å². The average Bonchev–Trinajstić information content (AvgIpc) is 2.37. The zero-order valence-corrected chi connectivity index (χ0v) is 11.4. The Morgan fingerprint density at radius 2 is 2.17 bits per heavy atom. The SMILES string of the molecule is CCCNCc1ccc(N(C)C(C)CO)c(F)c1. The number of anilines is 1. The summed E-state index contributed by atoms with van der Waals surface area (Å²) < 4.78 is 14.0. The number of rotatable bonds is 7. The summed E-state index contributed by atoms with van der Waals surface area (Å²) in [5, 5.41) is 12.3. The minimum Gasteiger partial charge on any atom is -0.394 e. The lowest BCUT2D eigenvalue weighted by Crippen LogP contribution is -2.32. The van der Waals surface area contributed by atoms with Gasteiger partial charge in [0.05, 0.1) is 12.3 Å². The van der Waals surface area contributed by atoms with E-state index in [9.17, 15) is 4.39 Å². The maximum Gasteiger partial charge on any atom is 0.146 e. The van der Waals surface area contributed by atoms with E-state index < -0.39 is 0 Å². The van der Waals surface area contributed by atoms with Gasteiger partial charge < -0.3 is 15.3 Å². The van der Waals surface area contributed by atoms with Crippen LogP contribution in [-0.4, -0.2) is 31.3 Å². The van der Waals surface area contributed by atoms with E-state index in [4.69, 9.17) is 5.11 Å². The van der Waals surface area contributed by atoms with Gasteiger partial charge in [0.2, 0.25) is 0 Å². The van der Waals surface area contributed by atoms with E-state index in [1.54, 1.807) is 24.1 Å². The number of aliphatic hydroxyl groups excluding tert-OH is 1. The van der Waals surface area contributed by atoms with Gasteiger partial charge in [-0.25, -0.2) is 4.39 Å². The number of hydrogen-bond acceptors (Lipinski definition) is 3. The summed E-state index contributed by atoms with van der Waals surface area (Å²) in [5.74, 6) is -0.242. The quantitative estimate of drug-likeness (QED) is 0.732. The Morgan fingerprint density at radius 3 is 2.72 bits per heavy atom. The topological polar surface area (TPSA) is 35.5 Å². The molecule has 1 unspecified atom stereocenters. The molecule has 0 bridgehead atoms. The minimum absolute atomic E-state index is 0.00967. The molecule has 0 amide bonds. The van der Waals surface area contributed by atoms with Crippen LogP contribution in [-0.2, 0) is 6.54 Å². The number of hydrogen-bond donors (Lipinski definition) is 2. The van der Waals surface area contributed by atoms with Crippen LogP contribution in [0.3, 0.4) is 0 Å². The molecule has 102 valence electrons. The van der Waals surface area contributed by atoms with Crippen LogP contribution < -0.4 is 10.2 Å². The van der Waals surface area contributed by atoms with Gasteiger partial charge in [0.25, 0.3) is 0 Å². The van der Waals surface area contributed by atoms with Gasteiger partial charge in [-0.15, -0.1) is 0 Å². The second-order valence-electron chi connectivity index (χ2n) is 4.61. The molecular weight excluding hydrogens is 231 g/mol. The van der Waals surface area contributed by atoms with Gasteiger partial charge in [-0.2, -0.15) is 0 Å². The van der Waals surface area contributed by atoms with Crippen molar-refractivity contribution in [1.29, 1.82) is 0 Å². The normalized spacial score (nSPS) is 12.5. The summed E-state index contributed by atoms with van der Waals surface area (Å²) in [6, 6.07) is 5.15. The van der Waals surface area contributed by atoms with Crippen molar-refractivity contribution >= 4 is 5.69 Å². The van der Waals surface area contributed by atoms with Crippen molar-refractivity contribution in [2.24, 2.45) is 0 Å². The van der Waals surface area contributed by atoms with Crippen molar-refractivity contribution in [3.05, 3.63) is 29.6 Å². The molecule has 0 aliphatic carbocycles. The molecule has 1 aromatic carbocycles. The molecule has 0 aromatic heterocycles. The van der Waals surface area contributed by atoms with E-state index >= 15 is 0 Å². The Balaban J connectivity index is 2.73. The van der Waals surface area contributed by atoms with E-state index in [0.29, 0.717) is 12.2 Å². The third-order valence-electron chi connectivity index (χ3n) is 3.07. The lowest BCUT2D eigenvalue weighted by molar-refractivity contribution is 0.269. The van der Waals surface area contributed by atoms with Crippen LogP contribution in [0.2, 0.25) is 0 Å². The summed E-state index contributed by atoms with van der Waals surface area (Å²) in [6.45, 7) is 5.59. The Kier molecular flexibility index (Phi) is 6.09. The summed E-state index contributed by atoms with van der Waals surface area (Å²) >= 11 is 0. The van der Waals surface area contributed by atoms with Gasteiger partial charge in [0.15, 0.2) is 0 Å². The van der Waals surface area contributed by atoms with Gasteiger partial charge in [-0.1, -0.05) is 13.0 Å². The highest BCUT2D eigenvalue weighted by Gasteiger charge is 2.13. The highest BCUT2D eigenvalue weighted by Crippen LogP contribution is 2.21. The summed E-state index contributed by atoms with van der Waals surface area (Å²) in [7, 11) is 1.79. The van der Waals surface area contributed by atoms with Crippen molar-refractivity contribution in [2.75, 3.05) is 25.1 Å². The van der Waals surface area contributed by atoms with E-state index in [0.717, 1.165) is 18.5 Å². The smallest absolute Gasteiger partial charge is 0.146 e. The van der Waals surface area contributed by atoms with Crippen molar-refractivity contribution in [3.63, 3.8) is 0 Å². The van der Waals surface area contributed by atoms with Crippen molar-refractivity contribution < 1.29 is 9.50 Å². The lowest BCUT2D eigenvalue weighted by Gasteiger charge is -2.26. The molecule has 0 radical (unpaired) electrons. The fourth-order valence-corrected chi connectivity index (χ4v) is 1.72. The molecule has 0 saturated heterocycles. The average molecular weight is 254 g/mol. The Bertz CT molecular complexity index is 371. The van der Waals surface area contributed by atoms with Crippen molar-refractivity contribution in [2.45, 2.75) is 32.9 Å². The number of nitrogens with zero attached hydrogens (tertiary/aromatic N) is 1. The molecule has 1 rings (SSSR count). The zero-order chi connectivity index (χ0) is 13.5. The van der Waals surface area contributed by atoms with E-state index in [1.165, 1.54) is 0 Å². The first kappa shape index (κ1) is 14.9. The van der Waals surface area contributed by atoms with Crippen LogP contribution in [0.25, 0.3) is 0 Å².